The molecule has 10 heteroatoms. The third kappa shape index (κ3) is 7.85. The monoisotopic (exact) mass is 622 g/mol. The minimum absolute atomic E-state index is 0.203. The van der Waals surface area contributed by atoms with E-state index in [-0.39, 0.29) is 18.4 Å². The molecule has 0 unspecified atom stereocenters. The van der Waals surface area contributed by atoms with Gasteiger partial charge in [0.15, 0.2) is 0 Å². The van der Waals surface area contributed by atoms with Gasteiger partial charge in [-0.2, -0.15) is 9.97 Å². The van der Waals surface area contributed by atoms with Gasteiger partial charge < -0.3 is 20.5 Å². The summed E-state index contributed by atoms with van der Waals surface area (Å²) in [6.07, 6.45) is 9.30. The number of halogens is 3. The number of amides is 1. The number of carbonyl (C=O) groups excluding carboxylic acids is 1. The molecular formula is C32H33Cl3N6O. The topological polar surface area (TPSA) is 83.9 Å². The molecule has 2 aromatic carbocycles. The number of nitrogens with one attached hydrogen (secondary N) is 3. The highest BCUT2D eigenvalue weighted by Gasteiger charge is 2.29. The number of aromatic nitrogens is 3. The highest BCUT2D eigenvalue weighted by molar-refractivity contribution is 6.35. The van der Waals surface area contributed by atoms with Gasteiger partial charge in [-0.25, -0.2) is 0 Å². The highest BCUT2D eigenvalue weighted by atomic mass is 35.5. The third-order valence-electron chi connectivity index (χ3n) is 7.44. The van der Waals surface area contributed by atoms with Gasteiger partial charge >= 0.3 is 0 Å². The molecule has 1 aliphatic rings. The zero-order chi connectivity index (χ0) is 29.5. The van der Waals surface area contributed by atoms with Crippen LogP contribution in [0.2, 0.25) is 15.1 Å². The Morgan fingerprint density at radius 3 is 2.43 bits per heavy atom. The van der Waals surface area contributed by atoms with Gasteiger partial charge in [-0.1, -0.05) is 78.8 Å². The standard InChI is InChI=1S/C32H33Cl3N6O/c1-21(23-9-3-2-4-10-23)30(31(42)36-20-24-12-13-26(34)17-27(24)35)38-28-18-29(41-14-5-6-15-41)40-32(39-28)37-19-22-8-7-11-25(33)16-22/h5-8,11-18,23,30H,1-4,9-10,19-20H2,(H,36,42)(H2,37,38,39,40)/t30-/m1/s1. The first-order valence-electron chi connectivity index (χ1n) is 14.0. The lowest BCUT2D eigenvalue weighted by Crippen LogP contribution is -2.42. The SMILES string of the molecule is C=C(C1CCCCC1)[C@@H](Nc1cc(-n2cccc2)nc(NCc2cccc(Cl)c2)n1)C(=O)NCc1ccc(Cl)cc1Cl. The smallest absolute Gasteiger partial charge is 0.247 e. The predicted octanol–water partition coefficient (Wildman–Crippen LogP) is 8.07. The summed E-state index contributed by atoms with van der Waals surface area (Å²) >= 11 is 18.6. The number of rotatable bonds is 11. The van der Waals surface area contributed by atoms with E-state index in [4.69, 9.17) is 44.8 Å². The van der Waals surface area contributed by atoms with Crippen LogP contribution >= 0.6 is 34.8 Å². The summed E-state index contributed by atoms with van der Waals surface area (Å²) in [7, 11) is 0. The maximum atomic E-state index is 13.7. The van der Waals surface area contributed by atoms with Gasteiger partial charge in [0.1, 0.15) is 17.7 Å². The Kier molecular flexibility index (Phi) is 10.1. The predicted molar refractivity (Wildman–Crippen MR) is 172 cm³/mol. The third-order valence-corrected chi connectivity index (χ3v) is 8.27. The molecule has 1 saturated carbocycles. The molecule has 1 amide bonds. The van der Waals surface area contributed by atoms with Crippen LogP contribution < -0.4 is 16.0 Å². The van der Waals surface area contributed by atoms with E-state index in [9.17, 15) is 4.79 Å². The fourth-order valence-corrected chi connectivity index (χ4v) is 5.86. The molecule has 0 spiro atoms. The van der Waals surface area contributed by atoms with Crippen molar-refractivity contribution in [3.63, 3.8) is 0 Å². The van der Waals surface area contributed by atoms with Gasteiger partial charge in [-0.3, -0.25) is 4.79 Å². The van der Waals surface area contributed by atoms with E-state index in [1.807, 2.05) is 65.5 Å². The van der Waals surface area contributed by atoms with E-state index in [1.165, 1.54) is 6.42 Å². The molecule has 7 nitrogen and oxygen atoms in total. The lowest BCUT2D eigenvalue weighted by molar-refractivity contribution is -0.121. The highest BCUT2D eigenvalue weighted by Crippen LogP contribution is 2.32. The van der Waals surface area contributed by atoms with Gasteiger partial charge in [0.25, 0.3) is 0 Å². The average molecular weight is 624 g/mol. The first-order valence-corrected chi connectivity index (χ1v) is 15.2. The Morgan fingerprint density at radius 1 is 0.929 bits per heavy atom. The number of hydrogen-bond acceptors (Lipinski definition) is 5. The Bertz CT molecular complexity index is 1540. The number of anilines is 2. The van der Waals surface area contributed by atoms with Crippen molar-refractivity contribution in [2.45, 2.75) is 51.2 Å². The normalized spacial score (nSPS) is 14.3. The molecule has 4 aromatic rings. The Balaban J connectivity index is 1.41. The van der Waals surface area contributed by atoms with Crippen LogP contribution in [-0.4, -0.2) is 26.5 Å². The molecule has 3 N–H and O–H groups in total. The summed E-state index contributed by atoms with van der Waals surface area (Å²) in [5, 5.41) is 11.4. The Labute approximate surface area is 261 Å². The van der Waals surface area contributed by atoms with Crippen molar-refractivity contribution in [1.29, 1.82) is 0 Å². The van der Waals surface area contributed by atoms with E-state index >= 15 is 0 Å². The van der Waals surface area contributed by atoms with Crippen LogP contribution in [0, 0.1) is 5.92 Å². The van der Waals surface area contributed by atoms with E-state index in [0.717, 1.165) is 42.4 Å². The second-order valence-electron chi connectivity index (χ2n) is 10.4. The summed E-state index contributed by atoms with van der Waals surface area (Å²) in [5.74, 6) is 1.61. The van der Waals surface area contributed by atoms with E-state index in [1.54, 1.807) is 12.1 Å². The minimum atomic E-state index is -0.702. The maximum absolute atomic E-state index is 13.7. The molecule has 1 atom stereocenters. The second kappa shape index (κ2) is 14.1. The molecule has 5 rings (SSSR count). The van der Waals surface area contributed by atoms with Crippen LogP contribution in [0.4, 0.5) is 11.8 Å². The average Bonchev–Trinajstić information content (AvgIpc) is 3.54. The molecule has 2 aromatic heterocycles. The number of benzene rings is 2. The van der Waals surface area contributed by atoms with Gasteiger partial charge in [-0.15, -0.1) is 0 Å². The largest absolute Gasteiger partial charge is 0.355 e. The number of hydrogen-bond donors (Lipinski definition) is 3. The van der Waals surface area contributed by atoms with E-state index < -0.39 is 6.04 Å². The Hall–Kier alpha value is -3.52. The molecule has 0 radical (unpaired) electrons. The molecule has 0 aliphatic heterocycles. The molecule has 0 bridgehead atoms. The van der Waals surface area contributed by atoms with Crippen LogP contribution in [0.15, 0.2) is 85.2 Å². The Morgan fingerprint density at radius 2 is 1.69 bits per heavy atom. The number of carbonyl (C=O) groups is 1. The molecule has 2 heterocycles. The first kappa shape index (κ1) is 30.0. The lowest BCUT2D eigenvalue weighted by atomic mass is 9.81. The molecule has 1 fully saturated rings. The number of nitrogens with zero attached hydrogens (tertiary/aromatic N) is 3. The van der Waals surface area contributed by atoms with Crippen molar-refractivity contribution in [2.75, 3.05) is 10.6 Å². The summed E-state index contributed by atoms with van der Waals surface area (Å²) in [5.41, 5.74) is 2.63. The van der Waals surface area contributed by atoms with Gasteiger partial charge in [0.05, 0.1) is 0 Å². The van der Waals surface area contributed by atoms with Gasteiger partial charge in [0, 0.05) is 46.6 Å². The molecular weight excluding hydrogens is 591 g/mol. The quantitative estimate of drug-likeness (QED) is 0.147. The van der Waals surface area contributed by atoms with Crippen molar-refractivity contribution in [3.05, 3.63) is 111 Å². The zero-order valence-corrected chi connectivity index (χ0v) is 25.4. The molecule has 218 valence electrons. The summed E-state index contributed by atoms with van der Waals surface area (Å²) in [6.45, 7) is 5.16. The van der Waals surface area contributed by atoms with Crippen molar-refractivity contribution < 1.29 is 4.79 Å². The molecule has 42 heavy (non-hydrogen) atoms. The lowest BCUT2D eigenvalue weighted by Gasteiger charge is -2.30. The minimum Gasteiger partial charge on any atom is -0.355 e. The van der Waals surface area contributed by atoms with Gasteiger partial charge in [-0.05, 0) is 71.9 Å². The van der Waals surface area contributed by atoms with Crippen molar-refractivity contribution >= 4 is 52.5 Å². The van der Waals surface area contributed by atoms with Crippen LogP contribution in [0.25, 0.3) is 5.82 Å². The summed E-state index contributed by atoms with van der Waals surface area (Å²) < 4.78 is 1.89. The fourth-order valence-electron chi connectivity index (χ4n) is 5.17. The van der Waals surface area contributed by atoms with Crippen molar-refractivity contribution in [1.82, 2.24) is 19.9 Å². The zero-order valence-electron chi connectivity index (χ0n) is 23.1. The van der Waals surface area contributed by atoms with Gasteiger partial charge in [0.2, 0.25) is 11.9 Å². The molecule has 1 aliphatic carbocycles. The van der Waals surface area contributed by atoms with Crippen LogP contribution in [0.3, 0.4) is 0 Å². The van der Waals surface area contributed by atoms with Crippen LogP contribution in [-0.2, 0) is 17.9 Å². The maximum Gasteiger partial charge on any atom is 0.247 e. The van der Waals surface area contributed by atoms with Crippen LogP contribution in [0.1, 0.15) is 43.2 Å². The van der Waals surface area contributed by atoms with Crippen molar-refractivity contribution in [2.24, 2.45) is 5.92 Å². The fraction of sp³-hybridized carbons (Fsp3) is 0.281. The summed E-state index contributed by atoms with van der Waals surface area (Å²) in [6, 6.07) is 17.8. The first-order chi connectivity index (χ1) is 20.4. The van der Waals surface area contributed by atoms with E-state index in [2.05, 4.69) is 22.5 Å². The second-order valence-corrected chi connectivity index (χ2v) is 11.7. The van der Waals surface area contributed by atoms with Crippen LogP contribution in [0.5, 0.6) is 0 Å². The van der Waals surface area contributed by atoms with Crippen molar-refractivity contribution in [3.8, 4) is 5.82 Å². The van der Waals surface area contributed by atoms with E-state index in [0.29, 0.717) is 39.2 Å². The molecule has 0 saturated heterocycles. The summed E-state index contributed by atoms with van der Waals surface area (Å²) in [4.78, 5) is 23.2.